The van der Waals surface area contributed by atoms with Crippen LogP contribution in [0.25, 0.3) is 0 Å². The maximum Gasteiger partial charge on any atom is 0.138 e. The second-order valence-electron chi connectivity index (χ2n) is 4.45. The molecule has 1 saturated heterocycles. The molecule has 1 aromatic heterocycles. The van der Waals surface area contributed by atoms with Crippen molar-refractivity contribution < 1.29 is 10.2 Å². The summed E-state index contributed by atoms with van der Waals surface area (Å²) in [6.45, 7) is 4.17. The van der Waals surface area contributed by atoms with Crippen LogP contribution >= 0.6 is 0 Å². The van der Waals surface area contributed by atoms with Gasteiger partial charge in [0, 0.05) is 18.8 Å². The first kappa shape index (κ1) is 11.4. The molecule has 0 amide bonds. The van der Waals surface area contributed by atoms with Crippen LogP contribution in [0.5, 0.6) is 5.75 Å². The Kier molecular flexibility index (Phi) is 3.41. The van der Waals surface area contributed by atoms with Gasteiger partial charge in [-0.2, -0.15) is 0 Å². The van der Waals surface area contributed by atoms with Crippen LogP contribution in [0.3, 0.4) is 0 Å². The highest BCUT2D eigenvalue weighted by Crippen LogP contribution is 2.19. The molecule has 16 heavy (non-hydrogen) atoms. The Bertz CT molecular complexity index is 368. The van der Waals surface area contributed by atoms with E-state index in [2.05, 4.69) is 9.88 Å². The number of hydrogen-bond acceptors (Lipinski definition) is 4. The Balaban J connectivity index is 2.05. The minimum absolute atomic E-state index is 0.235. The standard InChI is InChI=1S/C12H18N2O2/c1-9-4-5-12(16)11(13-9)8-14-6-2-3-10(15)7-14/h4-5,10,15-16H,2-3,6-8H2,1H3. The molecule has 0 aliphatic carbocycles. The van der Waals surface area contributed by atoms with Crippen molar-refractivity contribution in [2.75, 3.05) is 13.1 Å². The summed E-state index contributed by atoms with van der Waals surface area (Å²) in [5.74, 6) is 0.241. The van der Waals surface area contributed by atoms with Crippen molar-refractivity contribution in [3.05, 3.63) is 23.5 Å². The Hall–Kier alpha value is -1.13. The number of β-amino-alcohol motifs (C(OH)–C–C–N with tert-alkyl or cyclic N) is 1. The van der Waals surface area contributed by atoms with Gasteiger partial charge in [-0.15, -0.1) is 0 Å². The normalized spacial score (nSPS) is 22.2. The monoisotopic (exact) mass is 222 g/mol. The Morgan fingerprint density at radius 3 is 3.06 bits per heavy atom. The van der Waals surface area contributed by atoms with Crippen molar-refractivity contribution in [2.45, 2.75) is 32.4 Å². The van der Waals surface area contributed by atoms with Gasteiger partial charge in [-0.3, -0.25) is 9.88 Å². The van der Waals surface area contributed by atoms with Crippen molar-refractivity contribution >= 4 is 0 Å². The summed E-state index contributed by atoms with van der Waals surface area (Å²) >= 11 is 0. The van der Waals surface area contributed by atoms with E-state index in [-0.39, 0.29) is 11.9 Å². The van der Waals surface area contributed by atoms with Crippen LogP contribution in [0, 0.1) is 6.92 Å². The van der Waals surface area contributed by atoms with E-state index >= 15 is 0 Å². The molecule has 88 valence electrons. The number of rotatable bonds is 2. The Labute approximate surface area is 95.5 Å². The number of piperidine rings is 1. The van der Waals surface area contributed by atoms with E-state index in [0.717, 1.165) is 25.1 Å². The van der Waals surface area contributed by atoms with E-state index in [0.29, 0.717) is 18.8 Å². The van der Waals surface area contributed by atoms with Gasteiger partial charge in [-0.25, -0.2) is 0 Å². The predicted molar refractivity (Wildman–Crippen MR) is 61.2 cm³/mol. The fraction of sp³-hybridized carbons (Fsp3) is 0.583. The molecule has 1 atom stereocenters. The lowest BCUT2D eigenvalue weighted by Crippen LogP contribution is -2.37. The molecule has 0 spiro atoms. The van der Waals surface area contributed by atoms with Gasteiger partial charge in [0.05, 0.1) is 11.8 Å². The quantitative estimate of drug-likeness (QED) is 0.785. The number of hydrogen-bond donors (Lipinski definition) is 2. The van der Waals surface area contributed by atoms with Gasteiger partial charge in [-0.1, -0.05) is 0 Å². The molecule has 2 rings (SSSR count). The predicted octanol–water partition coefficient (Wildman–Crippen LogP) is 1.05. The molecule has 1 aliphatic rings. The van der Waals surface area contributed by atoms with Crippen LogP contribution < -0.4 is 0 Å². The molecule has 1 aliphatic heterocycles. The number of likely N-dealkylation sites (tertiary alicyclic amines) is 1. The summed E-state index contributed by atoms with van der Waals surface area (Å²) in [7, 11) is 0. The van der Waals surface area contributed by atoms with E-state index in [1.807, 2.05) is 6.92 Å². The molecule has 1 aromatic rings. The van der Waals surface area contributed by atoms with E-state index in [1.54, 1.807) is 12.1 Å². The van der Waals surface area contributed by atoms with Crippen molar-refractivity contribution in [3.8, 4) is 5.75 Å². The lowest BCUT2D eigenvalue weighted by molar-refractivity contribution is 0.0657. The topological polar surface area (TPSA) is 56.6 Å². The zero-order valence-corrected chi connectivity index (χ0v) is 9.56. The number of aromatic hydroxyl groups is 1. The van der Waals surface area contributed by atoms with Crippen molar-refractivity contribution in [1.29, 1.82) is 0 Å². The largest absolute Gasteiger partial charge is 0.506 e. The molecular weight excluding hydrogens is 204 g/mol. The number of pyridine rings is 1. The molecule has 0 bridgehead atoms. The summed E-state index contributed by atoms with van der Waals surface area (Å²) in [5.41, 5.74) is 1.61. The summed E-state index contributed by atoms with van der Waals surface area (Å²) in [4.78, 5) is 6.45. The zero-order valence-electron chi connectivity index (χ0n) is 9.56. The lowest BCUT2D eigenvalue weighted by Gasteiger charge is -2.29. The summed E-state index contributed by atoms with van der Waals surface area (Å²) in [6.07, 6.45) is 1.65. The van der Waals surface area contributed by atoms with Crippen LogP contribution in [-0.4, -0.2) is 39.3 Å². The summed E-state index contributed by atoms with van der Waals surface area (Å²) in [5, 5.41) is 19.2. The number of aliphatic hydroxyl groups excluding tert-OH is 1. The maximum atomic E-state index is 9.68. The third-order valence-corrected chi connectivity index (χ3v) is 2.94. The average Bonchev–Trinajstić information content (AvgIpc) is 2.24. The average molecular weight is 222 g/mol. The molecule has 2 heterocycles. The number of aryl methyl sites for hydroxylation is 1. The van der Waals surface area contributed by atoms with Crippen molar-refractivity contribution in [2.24, 2.45) is 0 Å². The van der Waals surface area contributed by atoms with Gasteiger partial charge in [0.1, 0.15) is 5.75 Å². The number of nitrogens with zero attached hydrogens (tertiary/aromatic N) is 2. The first-order valence-corrected chi connectivity index (χ1v) is 5.71. The molecule has 4 heteroatoms. The minimum Gasteiger partial charge on any atom is -0.506 e. The molecule has 2 N–H and O–H groups in total. The van der Waals surface area contributed by atoms with Crippen LogP contribution in [0.1, 0.15) is 24.2 Å². The third-order valence-electron chi connectivity index (χ3n) is 2.94. The van der Waals surface area contributed by atoms with Gasteiger partial charge >= 0.3 is 0 Å². The molecular formula is C12H18N2O2. The fourth-order valence-corrected chi connectivity index (χ4v) is 2.11. The number of aliphatic hydroxyl groups is 1. The van der Waals surface area contributed by atoms with Gasteiger partial charge in [0.15, 0.2) is 0 Å². The van der Waals surface area contributed by atoms with Crippen LogP contribution in [0.2, 0.25) is 0 Å². The highest BCUT2D eigenvalue weighted by Gasteiger charge is 2.19. The van der Waals surface area contributed by atoms with Crippen LogP contribution in [0.4, 0.5) is 0 Å². The second-order valence-corrected chi connectivity index (χ2v) is 4.45. The fourth-order valence-electron chi connectivity index (χ4n) is 2.11. The van der Waals surface area contributed by atoms with E-state index in [1.165, 1.54) is 0 Å². The Morgan fingerprint density at radius 1 is 1.50 bits per heavy atom. The van der Waals surface area contributed by atoms with E-state index in [9.17, 15) is 10.2 Å². The maximum absolute atomic E-state index is 9.68. The molecule has 0 saturated carbocycles. The first-order chi connectivity index (χ1) is 7.65. The third kappa shape index (κ3) is 2.71. The van der Waals surface area contributed by atoms with Crippen molar-refractivity contribution in [3.63, 3.8) is 0 Å². The first-order valence-electron chi connectivity index (χ1n) is 5.71. The van der Waals surface area contributed by atoms with Crippen LogP contribution in [-0.2, 0) is 6.54 Å². The van der Waals surface area contributed by atoms with Crippen molar-refractivity contribution in [1.82, 2.24) is 9.88 Å². The van der Waals surface area contributed by atoms with E-state index < -0.39 is 0 Å². The van der Waals surface area contributed by atoms with Gasteiger partial charge in [0.25, 0.3) is 0 Å². The minimum atomic E-state index is -0.235. The highest BCUT2D eigenvalue weighted by atomic mass is 16.3. The van der Waals surface area contributed by atoms with E-state index in [4.69, 9.17) is 0 Å². The van der Waals surface area contributed by atoms with Gasteiger partial charge < -0.3 is 10.2 Å². The zero-order chi connectivity index (χ0) is 11.5. The molecule has 1 unspecified atom stereocenters. The smallest absolute Gasteiger partial charge is 0.138 e. The van der Waals surface area contributed by atoms with Gasteiger partial charge in [-0.05, 0) is 38.4 Å². The molecule has 0 radical (unpaired) electrons. The Morgan fingerprint density at radius 2 is 2.31 bits per heavy atom. The molecule has 0 aromatic carbocycles. The molecule has 1 fully saturated rings. The highest BCUT2D eigenvalue weighted by molar-refractivity contribution is 5.27. The second kappa shape index (κ2) is 4.80. The summed E-state index contributed by atoms with van der Waals surface area (Å²) in [6, 6.07) is 3.47. The van der Waals surface area contributed by atoms with Gasteiger partial charge in [0.2, 0.25) is 0 Å². The lowest BCUT2D eigenvalue weighted by atomic mass is 10.1. The van der Waals surface area contributed by atoms with Crippen LogP contribution in [0.15, 0.2) is 12.1 Å². The SMILES string of the molecule is Cc1ccc(O)c(CN2CCCC(O)C2)n1. The number of aromatic nitrogens is 1. The molecule has 4 nitrogen and oxygen atoms in total. The summed E-state index contributed by atoms with van der Waals surface area (Å²) < 4.78 is 0.